The molecule has 1 saturated heterocycles. The van der Waals surface area contributed by atoms with Crippen LogP contribution >= 0.6 is 0 Å². The van der Waals surface area contributed by atoms with E-state index < -0.39 is 72.0 Å². The molecule has 0 bridgehead atoms. The standard InChI is InChI=1S/C39H38N2O10/c1-21-37(48-19-22-10-4-2-5-11-22)27(40)16-29(50-21)51-28-18-39(47,20-49-38(46)41-23-12-6-3-7-13-23)17-26-30(28)36(45)32-31(35(26)44)33(42)24-14-8-9-15-25(24)34(32)43/h2-15,21,27-29,37,44-45,47H,16-20,40H2,1H3,(H,41,46)/t21-,27-,28-,29-,37+,39-/m0/s1. The normalized spacial score (nSPS) is 25.4. The number of nitrogens with two attached hydrogens (primary N) is 1. The second-order valence-corrected chi connectivity index (χ2v) is 13.3. The van der Waals surface area contributed by atoms with Crippen molar-refractivity contribution in [1.82, 2.24) is 0 Å². The number of carbonyl (C=O) groups is 3. The third kappa shape index (κ3) is 6.72. The van der Waals surface area contributed by atoms with Gasteiger partial charge in [0.05, 0.1) is 36.0 Å². The Hall–Kier alpha value is -5.11. The summed E-state index contributed by atoms with van der Waals surface area (Å²) in [6, 6.07) is 23.9. The van der Waals surface area contributed by atoms with E-state index in [4.69, 9.17) is 24.7 Å². The molecule has 0 radical (unpaired) electrons. The first-order chi connectivity index (χ1) is 24.5. The molecule has 2 aliphatic carbocycles. The lowest BCUT2D eigenvalue weighted by Gasteiger charge is -2.43. The molecule has 0 aromatic heterocycles. The first-order valence-corrected chi connectivity index (χ1v) is 16.8. The fraction of sp³-hybridized carbons (Fsp3) is 0.308. The zero-order valence-electron chi connectivity index (χ0n) is 27.8. The Balaban J connectivity index is 1.18. The molecule has 12 nitrogen and oxygen atoms in total. The first kappa shape index (κ1) is 34.3. The minimum atomic E-state index is -1.84. The Morgan fingerprint density at radius 1 is 0.922 bits per heavy atom. The van der Waals surface area contributed by atoms with Crippen LogP contribution in [0.1, 0.15) is 74.4 Å². The summed E-state index contributed by atoms with van der Waals surface area (Å²) >= 11 is 0. The SMILES string of the molecule is C[C@@H]1O[C@@H](O[C@H]2C[C@](O)(COC(=O)Nc3ccccc3)Cc3c(O)c4c(c(O)c32)C(=O)c2ccccc2C4=O)C[C@H](N)[C@@H]1OCc1ccccc1. The maximum absolute atomic E-state index is 13.7. The summed E-state index contributed by atoms with van der Waals surface area (Å²) in [6.45, 7) is 1.60. The number of aliphatic hydroxyl groups is 1. The van der Waals surface area contributed by atoms with E-state index >= 15 is 0 Å². The zero-order chi connectivity index (χ0) is 35.9. The van der Waals surface area contributed by atoms with Gasteiger partial charge in [-0.25, -0.2) is 4.79 Å². The van der Waals surface area contributed by atoms with E-state index in [0.29, 0.717) is 12.3 Å². The number of ether oxygens (including phenoxy) is 4. The van der Waals surface area contributed by atoms with Gasteiger partial charge in [-0.2, -0.15) is 0 Å². The van der Waals surface area contributed by atoms with Crippen LogP contribution in [0.25, 0.3) is 0 Å². The lowest BCUT2D eigenvalue weighted by molar-refractivity contribution is -0.255. The highest BCUT2D eigenvalue weighted by Gasteiger charge is 2.48. The predicted molar refractivity (Wildman–Crippen MR) is 184 cm³/mol. The number of rotatable bonds is 8. The molecule has 7 rings (SSSR count). The average Bonchev–Trinajstić information content (AvgIpc) is 3.11. The summed E-state index contributed by atoms with van der Waals surface area (Å²) in [5.41, 5.74) is 5.64. The van der Waals surface area contributed by atoms with Crippen LogP contribution in [-0.4, -0.2) is 69.7 Å². The molecule has 4 aromatic rings. The Labute approximate surface area is 293 Å². The van der Waals surface area contributed by atoms with Gasteiger partial charge < -0.3 is 40.0 Å². The zero-order valence-corrected chi connectivity index (χ0v) is 27.8. The van der Waals surface area contributed by atoms with Gasteiger partial charge in [0.1, 0.15) is 23.7 Å². The summed E-state index contributed by atoms with van der Waals surface area (Å²) in [4.78, 5) is 40.1. The van der Waals surface area contributed by atoms with E-state index in [2.05, 4.69) is 5.32 Å². The third-order valence-electron chi connectivity index (χ3n) is 9.66. The van der Waals surface area contributed by atoms with E-state index in [1.54, 1.807) is 49.4 Å². The van der Waals surface area contributed by atoms with Gasteiger partial charge in [-0.15, -0.1) is 0 Å². The molecular weight excluding hydrogens is 656 g/mol. The number of anilines is 1. The number of phenols is 2. The van der Waals surface area contributed by atoms with Gasteiger partial charge in [0, 0.05) is 53.2 Å². The molecule has 12 heteroatoms. The molecule has 51 heavy (non-hydrogen) atoms. The summed E-state index contributed by atoms with van der Waals surface area (Å²) in [5.74, 6) is -2.41. The molecule has 0 unspecified atom stereocenters. The monoisotopic (exact) mass is 694 g/mol. The Bertz CT molecular complexity index is 1960. The number of hydrogen-bond acceptors (Lipinski definition) is 11. The summed E-state index contributed by atoms with van der Waals surface area (Å²) in [6.07, 6.45) is -4.36. The van der Waals surface area contributed by atoms with E-state index in [1.807, 2.05) is 30.3 Å². The number of carbonyl (C=O) groups excluding carboxylic acids is 3. The van der Waals surface area contributed by atoms with Gasteiger partial charge in [-0.05, 0) is 24.6 Å². The molecule has 6 N–H and O–H groups in total. The Kier molecular flexibility index (Phi) is 9.36. The molecule has 0 spiro atoms. The van der Waals surface area contributed by atoms with Crippen LogP contribution < -0.4 is 11.1 Å². The van der Waals surface area contributed by atoms with Crippen molar-refractivity contribution in [1.29, 1.82) is 0 Å². The maximum Gasteiger partial charge on any atom is 0.411 e. The lowest BCUT2D eigenvalue weighted by Crippen LogP contribution is -2.53. The topological polar surface area (TPSA) is 187 Å². The Morgan fingerprint density at radius 3 is 2.18 bits per heavy atom. The van der Waals surface area contributed by atoms with Crippen molar-refractivity contribution in [3.63, 3.8) is 0 Å². The molecule has 1 amide bonds. The van der Waals surface area contributed by atoms with Crippen molar-refractivity contribution < 1.29 is 48.7 Å². The van der Waals surface area contributed by atoms with Gasteiger partial charge >= 0.3 is 6.09 Å². The molecule has 4 aromatic carbocycles. The lowest BCUT2D eigenvalue weighted by atomic mass is 9.73. The largest absolute Gasteiger partial charge is 0.507 e. The number of hydrogen-bond donors (Lipinski definition) is 5. The predicted octanol–water partition coefficient (Wildman–Crippen LogP) is 4.90. The molecule has 6 atom stereocenters. The van der Waals surface area contributed by atoms with Crippen LogP contribution in [0.15, 0.2) is 84.9 Å². The van der Waals surface area contributed by atoms with Gasteiger partial charge in [0.15, 0.2) is 17.9 Å². The van der Waals surface area contributed by atoms with Crippen LogP contribution in [0, 0.1) is 0 Å². The van der Waals surface area contributed by atoms with Crippen molar-refractivity contribution in [3.05, 3.63) is 124 Å². The fourth-order valence-corrected chi connectivity index (χ4v) is 7.23. The van der Waals surface area contributed by atoms with Gasteiger partial charge in [-0.3, -0.25) is 14.9 Å². The van der Waals surface area contributed by atoms with Crippen molar-refractivity contribution in [2.24, 2.45) is 5.73 Å². The van der Waals surface area contributed by atoms with Gasteiger partial charge in [-0.1, -0.05) is 72.8 Å². The minimum absolute atomic E-state index is 0.0187. The van der Waals surface area contributed by atoms with E-state index in [1.165, 1.54) is 12.1 Å². The van der Waals surface area contributed by atoms with Gasteiger partial charge in [0.2, 0.25) is 0 Å². The fourth-order valence-electron chi connectivity index (χ4n) is 7.23. The summed E-state index contributed by atoms with van der Waals surface area (Å²) in [7, 11) is 0. The smallest absolute Gasteiger partial charge is 0.411 e. The van der Waals surface area contributed by atoms with Crippen molar-refractivity contribution in [2.45, 2.75) is 69.0 Å². The molecule has 1 heterocycles. The molecule has 264 valence electrons. The van der Waals surface area contributed by atoms with Crippen LogP contribution in [0.4, 0.5) is 10.5 Å². The number of aromatic hydroxyl groups is 2. The number of amides is 1. The Morgan fingerprint density at radius 2 is 1.53 bits per heavy atom. The number of phenolic OH excluding ortho intramolecular Hbond substituents is 2. The van der Waals surface area contributed by atoms with E-state index in [0.717, 1.165) is 5.56 Å². The molecule has 3 aliphatic rings. The van der Waals surface area contributed by atoms with Gasteiger partial charge in [0.25, 0.3) is 0 Å². The highest BCUT2D eigenvalue weighted by molar-refractivity contribution is 6.30. The van der Waals surface area contributed by atoms with Crippen LogP contribution in [0.3, 0.4) is 0 Å². The second-order valence-electron chi connectivity index (χ2n) is 13.3. The molecular formula is C39H38N2O10. The third-order valence-corrected chi connectivity index (χ3v) is 9.66. The maximum atomic E-state index is 13.7. The second kappa shape index (κ2) is 13.9. The van der Waals surface area contributed by atoms with Crippen LogP contribution in [0.2, 0.25) is 0 Å². The highest BCUT2D eigenvalue weighted by atomic mass is 16.7. The average molecular weight is 695 g/mol. The van der Waals surface area contributed by atoms with E-state index in [9.17, 15) is 29.7 Å². The molecule has 0 saturated carbocycles. The van der Waals surface area contributed by atoms with Crippen molar-refractivity contribution in [3.8, 4) is 11.5 Å². The van der Waals surface area contributed by atoms with E-state index in [-0.39, 0.29) is 52.6 Å². The van der Waals surface area contributed by atoms with Crippen molar-refractivity contribution >= 4 is 23.3 Å². The minimum Gasteiger partial charge on any atom is -0.507 e. The van der Waals surface area contributed by atoms with Crippen LogP contribution in [0.5, 0.6) is 11.5 Å². The van der Waals surface area contributed by atoms with Crippen molar-refractivity contribution in [2.75, 3.05) is 11.9 Å². The number of ketones is 2. The first-order valence-electron chi connectivity index (χ1n) is 16.8. The van der Waals surface area contributed by atoms with Crippen LogP contribution in [-0.2, 0) is 32.0 Å². The highest BCUT2D eigenvalue weighted by Crippen LogP contribution is 2.52. The molecule has 1 fully saturated rings. The number of para-hydroxylation sites is 1. The number of nitrogens with one attached hydrogen (secondary N) is 1. The number of fused-ring (bicyclic) bond motifs is 3. The summed E-state index contributed by atoms with van der Waals surface area (Å²) < 4.78 is 24.2. The summed E-state index contributed by atoms with van der Waals surface area (Å²) in [5, 5.41) is 38.0. The molecule has 1 aliphatic heterocycles. The quantitative estimate of drug-likeness (QED) is 0.139. The number of benzene rings is 4.